The minimum atomic E-state index is -0.415. The van der Waals surface area contributed by atoms with Gasteiger partial charge >= 0.3 is 0 Å². The molecule has 0 unspecified atom stereocenters. The van der Waals surface area contributed by atoms with E-state index in [1.807, 2.05) is 79.1 Å². The molecule has 0 radical (unpaired) electrons. The van der Waals surface area contributed by atoms with Gasteiger partial charge in [-0.2, -0.15) is 0 Å². The molecule has 2 aromatic carbocycles. The van der Waals surface area contributed by atoms with Gasteiger partial charge in [0.2, 0.25) is 5.91 Å². The number of piperazine rings is 1. The van der Waals surface area contributed by atoms with Crippen molar-refractivity contribution in [1.82, 2.24) is 14.8 Å². The number of hydrogen-bond acceptors (Lipinski definition) is 4. The number of ether oxygens (including phenoxy) is 1. The number of aromatic nitrogens is 1. The Morgan fingerprint density at radius 2 is 1.77 bits per heavy atom. The van der Waals surface area contributed by atoms with Gasteiger partial charge in [-0.15, -0.1) is 0 Å². The van der Waals surface area contributed by atoms with Crippen LogP contribution in [0.5, 0.6) is 5.75 Å². The number of fused-ring (bicyclic) bond motifs is 4. The summed E-state index contributed by atoms with van der Waals surface area (Å²) in [6.45, 7) is 7.14. The van der Waals surface area contributed by atoms with Crippen LogP contribution in [0.4, 0.5) is 0 Å². The Kier molecular flexibility index (Phi) is 6.12. The Morgan fingerprint density at radius 1 is 1.03 bits per heavy atom. The lowest BCUT2D eigenvalue weighted by atomic mass is 9.76. The molecule has 1 N–H and O–H groups in total. The van der Waals surface area contributed by atoms with Gasteiger partial charge in [0.05, 0.1) is 25.1 Å². The molecule has 3 aliphatic rings. The highest BCUT2D eigenvalue weighted by molar-refractivity contribution is 6.04. The molecular formula is C32H35N3O4. The largest absolute Gasteiger partial charge is 0.497 e. The number of aromatic amines is 1. The molecule has 6 rings (SSSR count). The Morgan fingerprint density at radius 3 is 2.46 bits per heavy atom. The van der Waals surface area contributed by atoms with Gasteiger partial charge in [0.25, 0.3) is 5.91 Å². The predicted molar refractivity (Wildman–Crippen MR) is 150 cm³/mol. The molecule has 0 saturated carbocycles. The van der Waals surface area contributed by atoms with E-state index in [1.54, 1.807) is 7.11 Å². The molecule has 1 aliphatic carbocycles. The maximum Gasteiger partial charge on any atom is 0.270 e. The molecule has 7 nitrogen and oxygen atoms in total. The average Bonchev–Trinajstić information content (AvgIpc) is 3.71. The van der Waals surface area contributed by atoms with Crippen LogP contribution in [-0.2, 0) is 16.0 Å². The number of nitrogens with zero attached hydrogens (tertiary/aromatic N) is 2. The standard InChI is InChI=1S/C32H35N3O4/c1-32(2,3)26(16-29(36)22-11-19-7-5-6-8-20(19)12-22)30(37)34-17-24-14-23(34)18-35(24)31(38)28-13-21-9-10-25(39-4)15-27(21)33-28/h5-11,13,15,23-24,26,33H,12,14,16-18H2,1-4H3/t23-,24-,26+/m0/s1. The van der Waals surface area contributed by atoms with E-state index in [0.29, 0.717) is 25.2 Å². The van der Waals surface area contributed by atoms with E-state index in [0.717, 1.165) is 39.8 Å². The summed E-state index contributed by atoms with van der Waals surface area (Å²) < 4.78 is 5.30. The van der Waals surface area contributed by atoms with E-state index in [-0.39, 0.29) is 41.5 Å². The Balaban J connectivity index is 1.14. The monoisotopic (exact) mass is 525 g/mol. The lowest BCUT2D eigenvalue weighted by Crippen LogP contribution is -2.53. The van der Waals surface area contributed by atoms with E-state index in [9.17, 15) is 14.4 Å². The van der Waals surface area contributed by atoms with E-state index in [2.05, 4.69) is 11.1 Å². The second kappa shape index (κ2) is 9.40. The van der Waals surface area contributed by atoms with Crippen molar-refractivity contribution in [2.24, 2.45) is 11.3 Å². The van der Waals surface area contributed by atoms with Gasteiger partial charge in [0.1, 0.15) is 11.4 Å². The Bertz CT molecular complexity index is 1510. The van der Waals surface area contributed by atoms with Crippen LogP contribution in [0.25, 0.3) is 17.0 Å². The molecule has 7 heteroatoms. The molecule has 1 aromatic heterocycles. The molecule has 3 atom stereocenters. The number of ketones is 1. The van der Waals surface area contributed by atoms with Gasteiger partial charge < -0.3 is 19.5 Å². The Hall–Kier alpha value is -3.87. The number of benzene rings is 2. The molecule has 3 heterocycles. The molecule has 2 aliphatic heterocycles. The van der Waals surface area contributed by atoms with E-state index < -0.39 is 5.92 Å². The van der Waals surface area contributed by atoms with E-state index in [4.69, 9.17) is 4.74 Å². The SMILES string of the molecule is COc1ccc2cc(C(=O)N3C[C@@H]4C[C@H]3CN4C(=O)[C@@H](CC(=O)C3=Cc4ccccc4C3)C(C)(C)C)[nH]c2c1. The van der Waals surface area contributed by atoms with Crippen molar-refractivity contribution in [3.63, 3.8) is 0 Å². The third-order valence-corrected chi connectivity index (χ3v) is 8.70. The number of likely N-dealkylation sites (tertiary alicyclic amines) is 2. The van der Waals surface area contributed by atoms with Gasteiger partial charge in [-0.05, 0) is 47.2 Å². The number of amides is 2. The maximum atomic E-state index is 13.9. The zero-order valence-electron chi connectivity index (χ0n) is 23.0. The van der Waals surface area contributed by atoms with Crippen LogP contribution in [0.3, 0.4) is 0 Å². The zero-order chi connectivity index (χ0) is 27.5. The maximum absolute atomic E-state index is 13.9. The molecular weight excluding hydrogens is 490 g/mol. The number of carbonyl (C=O) groups excluding carboxylic acids is 3. The summed E-state index contributed by atoms with van der Waals surface area (Å²) in [5.41, 5.74) is 4.09. The van der Waals surface area contributed by atoms with Crippen molar-refractivity contribution in [1.29, 1.82) is 0 Å². The van der Waals surface area contributed by atoms with Crippen molar-refractivity contribution >= 4 is 34.6 Å². The molecule has 2 saturated heterocycles. The summed E-state index contributed by atoms with van der Waals surface area (Å²) in [4.78, 5) is 47.8. The van der Waals surface area contributed by atoms with Crippen molar-refractivity contribution < 1.29 is 19.1 Å². The summed E-state index contributed by atoms with van der Waals surface area (Å²) >= 11 is 0. The smallest absolute Gasteiger partial charge is 0.270 e. The average molecular weight is 526 g/mol. The normalized spacial score (nSPS) is 20.8. The fraction of sp³-hybridized carbons (Fsp3) is 0.406. The molecule has 0 spiro atoms. The van der Waals surface area contributed by atoms with Gasteiger partial charge in [0.15, 0.2) is 5.78 Å². The molecule has 3 aromatic rings. The predicted octanol–water partition coefficient (Wildman–Crippen LogP) is 4.86. The molecule has 2 amide bonds. The van der Waals surface area contributed by atoms with Crippen LogP contribution < -0.4 is 4.74 Å². The third-order valence-electron chi connectivity index (χ3n) is 8.70. The quantitative estimate of drug-likeness (QED) is 0.498. The second-order valence-electron chi connectivity index (χ2n) is 12.2. The molecule has 2 fully saturated rings. The van der Waals surface area contributed by atoms with E-state index in [1.165, 1.54) is 0 Å². The van der Waals surface area contributed by atoms with E-state index >= 15 is 0 Å². The second-order valence-corrected chi connectivity index (χ2v) is 12.2. The van der Waals surface area contributed by atoms with Crippen molar-refractivity contribution in [2.45, 2.75) is 52.1 Å². The van der Waals surface area contributed by atoms with Gasteiger partial charge in [-0.25, -0.2) is 0 Å². The minimum absolute atomic E-state index is 0.0178. The molecule has 202 valence electrons. The van der Waals surface area contributed by atoms with Gasteiger partial charge in [0, 0.05) is 48.5 Å². The number of carbonyl (C=O) groups is 3. The lowest BCUT2D eigenvalue weighted by Gasteiger charge is -2.39. The fourth-order valence-corrected chi connectivity index (χ4v) is 6.43. The highest BCUT2D eigenvalue weighted by Crippen LogP contribution is 2.38. The number of allylic oxidation sites excluding steroid dienone is 1. The number of H-pyrrole nitrogens is 1. The van der Waals surface area contributed by atoms with Crippen molar-refractivity contribution in [3.8, 4) is 5.75 Å². The number of hydrogen-bond donors (Lipinski definition) is 1. The van der Waals surface area contributed by atoms with Crippen LogP contribution >= 0.6 is 0 Å². The summed E-state index contributed by atoms with van der Waals surface area (Å²) in [5.74, 6) is 0.362. The van der Waals surface area contributed by atoms with Crippen molar-refractivity contribution in [2.75, 3.05) is 20.2 Å². The number of Topliss-reactive ketones (excluding diaryl/α,β-unsaturated/α-hetero) is 1. The Labute approximate surface area is 228 Å². The van der Waals surface area contributed by atoms with Crippen LogP contribution in [0.15, 0.2) is 54.1 Å². The zero-order valence-corrected chi connectivity index (χ0v) is 23.0. The first-order valence-electron chi connectivity index (χ1n) is 13.7. The highest BCUT2D eigenvalue weighted by Gasteiger charge is 2.50. The third kappa shape index (κ3) is 4.54. The molecule has 39 heavy (non-hydrogen) atoms. The number of rotatable bonds is 6. The molecule has 2 bridgehead atoms. The highest BCUT2D eigenvalue weighted by atomic mass is 16.5. The first kappa shape index (κ1) is 25.4. The first-order valence-corrected chi connectivity index (χ1v) is 13.7. The van der Waals surface area contributed by atoms with Gasteiger partial charge in [-0.3, -0.25) is 14.4 Å². The summed E-state index contributed by atoms with van der Waals surface area (Å²) in [6, 6.07) is 15.6. The van der Waals surface area contributed by atoms with Crippen LogP contribution in [0.1, 0.15) is 55.2 Å². The topological polar surface area (TPSA) is 82.7 Å². The lowest BCUT2D eigenvalue weighted by molar-refractivity contribution is -0.143. The summed E-state index contributed by atoms with van der Waals surface area (Å²) in [6.07, 6.45) is 3.59. The minimum Gasteiger partial charge on any atom is -0.497 e. The van der Waals surface area contributed by atoms with Gasteiger partial charge in [-0.1, -0.05) is 45.0 Å². The van der Waals surface area contributed by atoms with Crippen LogP contribution in [-0.4, -0.2) is 64.7 Å². The fourth-order valence-electron chi connectivity index (χ4n) is 6.43. The van der Waals surface area contributed by atoms with Crippen LogP contribution in [0, 0.1) is 11.3 Å². The summed E-state index contributed by atoms with van der Waals surface area (Å²) in [5, 5.41) is 0.957. The summed E-state index contributed by atoms with van der Waals surface area (Å²) in [7, 11) is 1.62. The van der Waals surface area contributed by atoms with Crippen molar-refractivity contribution in [3.05, 3.63) is 70.9 Å². The number of nitrogens with one attached hydrogen (secondary N) is 1. The first-order chi connectivity index (χ1) is 18.6. The van der Waals surface area contributed by atoms with Crippen LogP contribution in [0.2, 0.25) is 0 Å². The number of methoxy groups -OCH3 is 1.